The van der Waals surface area contributed by atoms with Crippen molar-refractivity contribution in [1.82, 2.24) is 15.1 Å². The molecule has 116 valence electrons. The van der Waals surface area contributed by atoms with Crippen LogP contribution in [0.3, 0.4) is 0 Å². The Bertz CT molecular complexity index is 539. The second-order valence-electron chi connectivity index (χ2n) is 5.75. The summed E-state index contributed by atoms with van der Waals surface area (Å²) in [4.78, 5) is 0. The molecule has 1 aromatic carbocycles. The second-order valence-corrected chi connectivity index (χ2v) is 5.75. The van der Waals surface area contributed by atoms with Gasteiger partial charge in [-0.2, -0.15) is 5.10 Å². The number of nitrogens with zero attached hydrogens (tertiary/aromatic N) is 2. The Kier molecular flexibility index (Phi) is 6.40. The molecule has 0 saturated carbocycles. The average Bonchev–Trinajstić information content (AvgIpc) is 2.99. The minimum absolute atomic E-state index is 0. The Morgan fingerprint density at radius 2 is 2.10 bits per heavy atom. The summed E-state index contributed by atoms with van der Waals surface area (Å²) >= 11 is 0. The molecule has 4 nitrogen and oxygen atoms in total. The molecule has 1 heterocycles. The van der Waals surface area contributed by atoms with E-state index in [4.69, 9.17) is 5.73 Å². The quantitative estimate of drug-likeness (QED) is 0.863. The summed E-state index contributed by atoms with van der Waals surface area (Å²) in [5, 5.41) is 7.84. The highest BCUT2D eigenvalue weighted by atomic mass is 35.5. The largest absolute Gasteiger partial charge is 0.329 e. The van der Waals surface area contributed by atoms with Crippen molar-refractivity contribution in [3.63, 3.8) is 0 Å². The fraction of sp³-hybridized carbons (Fsp3) is 0.438. The molecule has 2 aromatic rings. The Morgan fingerprint density at radius 1 is 1.33 bits per heavy atom. The van der Waals surface area contributed by atoms with Crippen molar-refractivity contribution in [3.05, 3.63) is 48.3 Å². The zero-order chi connectivity index (χ0) is 14.6. The van der Waals surface area contributed by atoms with Crippen LogP contribution in [-0.4, -0.2) is 21.9 Å². The van der Waals surface area contributed by atoms with Gasteiger partial charge in [-0.05, 0) is 36.6 Å². The van der Waals surface area contributed by atoms with Crippen LogP contribution in [0.5, 0.6) is 0 Å². The van der Waals surface area contributed by atoms with E-state index < -0.39 is 0 Å². The summed E-state index contributed by atoms with van der Waals surface area (Å²) in [7, 11) is 0. The minimum atomic E-state index is -0.0400. The van der Waals surface area contributed by atoms with Crippen LogP contribution in [0.2, 0.25) is 0 Å². The zero-order valence-corrected chi connectivity index (χ0v) is 13.7. The van der Waals surface area contributed by atoms with Crippen LogP contribution < -0.4 is 11.1 Å². The number of benzene rings is 1. The number of hydrogen-bond acceptors (Lipinski definition) is 3. The van der Waals surface area contributed by atoms with E-state index in [-0.39, 0.29) is 17.9 Å². The number of hydrogen-bond donors (Lipinski definition) is 2. The highest BCUT2D eigenvalue weighted by molar-refractivity contribution is 5.85. The van der Waals surface area contributed by atoms with Crippen molar-refractivity contribution >= 4 is 12.4 Å². The SMILES string of the molecule is CC(C)C(C)(CN)NCc1cccc(-n2cccn2)c1.Cl. The summed E-state index contributed by atoms with van der Waals surface area (Å²) in [6, 6.07) is 10.3. The molecule has 2 rings (SSSR count). The molecule has 3 N–H and O–H groups in total. The van der Waals surface area contributed by atoms with Crippen LogP contribution in [0.25, 0.3) is 5.69 Å². The predicted molar refractivity (Wildman–Crippen MR) is 89.9 cm³/mol. The fourth-order valence-corrected chi connectivity index (χ4v) is 2.05. The Morgan fingerprint density at radius 3 is 2.67 bits per heavy atom. The maximum Gasteiger partial charge on any atom is 0.0648 e. The van der Waals surface area contributed by atoms with Gasteiger partial charge < -0.3 is 11.1 Å². The summed E-state index contributed by atoms with van der Waals surface area (Å²) in [5.41, 5.74) is 8.17. The first-order valence-corrected chi connectivity index (χ1v) is 7.09. The first kappa shape index (κ1) is 17.7. The molecule has 0 radical (unpaired) electrons. The predicted octanol–water partition coefficient (Wildman–Crippen LogP) is 2.76. The Balaban J connectivity index is 0.00000220. The van der Waals surface area contributed by atoms with Crippen LogP contribution >= 0.6 is 12.4 Å². The maximum absolute atomic E-state index is 5.90. The Labute approximate surface area is 133 Å². The highest BCUT2D eigenvalue weighted by Crippen LogP contribution is 2.16. The molecule has 1 unspecified atom stereocenters. The lowest BCUT2D eigenvalue weighted by molar-refractivity contribution is 0.267. The van der Waals surface area contributed by atoms with Crippen LogP contribution in [0, 0.1) is 5.92 Å². The van der Waals surface area contributed by atoms with Gasteiger partial charge in [0.15, 0.2) is 0 Å². The van der Waals surface area contributed by atoms with E-state index in [1.807, 2.05) is 16.9 Å². The van der Waals surface area contributed by atoms with E-state index >= 15 is 0 Å². The van der Waals surface area contributed by atoms with E-state index in [1.54, 1.807) is 6.20 Å². The second kappa shape index (κ2) is 7.59. The molecule has 0 aliphatic carbocycles. The number of rotatable bonds is 6. The lowest BCUT2D eigenvalue weighted by Crippen LogP contribution is -2.52. The zero-order valence-electron chi connectivity index (χ0n) is 12.9. The van der Waals surface area contributed by atoms with Crippen molar-refractivity contribution < 1.29 is 0 Å². The molecule has 0 aliphatic heterocycles. The summed E-state index contributed by atoms with van der Waals surface area (Å²) in [6.45, 7) is 8.00. The lowest BCUT2D eigenvalue weighted by Gasteiger charge is -2.34. The van der Waals surface area contributed by atoms with Gasteiger partial charge in [-0.15, -0.1) is 12.4 Å². The third-order valence-corrected chi connectivity index (χ3v) is 4.07. The third-order valence-electron chi connectivity index (χ3n) is 4.07. The van der Waals surface area contributed by atoms with Crippen molar-refractivity contribution in [3.8, 4) is 5.69 Å². The van der Waals surface area contributed by atoms with Crippen LogP contribution in [0.1, 0.15) is 26.3 Å². The van der Waals surface area contributed by atoms with Crippen LogP contribution in [-0.2, 0) is 6.54 Å². The normalized spacial score (nSPS) is 13.8. The molecule has 21 heavy (non-hydrogen) atoms. The molecule has 0 spiro atoms. The highest BCUT2D eigenvalue weighted by Gasteiger charge is 2.25. The molecule has 1 atom stereocenters. The third kappa shape index (κ3) is 4.30. The first-order valence-electron chi connectivity index (χ1n) is 7.09. The van der Waals surface area contributed by atoms with Gasteiger partial charge in [0.05, 0.1) is 5.69 Å². The van der Waals surface area contributed by atoms with Gasteiger partial charge in [-0.1, -0.05) is 26.0 Å². The van der Waals surface area contributed by atoms with E-state index in [1.165, 1.54) is 5.56 Å². The lowest BCUT2D eigenvalue weighted by atomic mass is 9.88. The van der Waals surface area contributed by atoms with E-state index in [0.29, 0.717) is 12.5 Å². The van der Waals surface area contributed by atoms with Crippen molar-refractivity contribution in [2.24, 2.45) is 11.7 Å². The van der Waals surface area contributed by atoms with Crippen molar-refractivity contribution in [2.75, 3.05) is 6.54 Å². The van der Waals surface area contributed by atoms with Crippen LogP contribution in [0.4, 0.5) is 0 Å². The van der Waals surface area contributed by atoms with Gasteiger partial charge in [0, 0.05) is 31.0 Å². The number of halogens is 1. The fourth-order valence-electron chi connectivity index (χ4n) is 2.05. The van der Waals surface area contributed by atoms with Gasteiger partial charge in [-0.3, -0.25) is 0 Å². The summed E-state index contributed by atoms with van der Waals surface area (Å²) < 4.78 is 1.87. The van der Waals surface area contributed by atoms with Crippen LogP contribution in [0.15, 0.2) is 42.7 Å². The molecular weight excluding hydrogens is 284 g/mol. The number of aromatic nitrogens is 2. The van der Waals surface area contributed by atoms with Gasteiger partial charge in [0.2, 0.25) is 0 Å². The molecule has 0 saturated heterocycles. The van der Waals surface area contributed by atoms with Gasteiger partial charge in [0.1, 0.15) is 0 Å². The van der Waals surface area contributed by atoms with Gasteiger partial charge >= 0.3 is 0 Å². The number of nitrogens with two attached hydrogens (primary N) is 1. The van der Waals surface area contributed by atoms with E-state index in [2.05, 4.69) is 55.5 Å². The van der Waals surface area contributed by atoms with E-state index in [0.717, 1.165) is 12.2 Å². The standard InChI is InChI=1S/C16H24N4.ClH/c1-13(2)16(3,12-17)18-11-14-6-4-7-15(10-14)20-9-5-8-19-20;/h4-10,13,18H,11-12,17H2,1-3H3;1H. The molecule has 1 aromatic heterocycles. The van der Waals surface area contributed by atoms with E-state index in [9.17, 15) is 0 Å². The summed E-state index contributed by atoms with van der Waals surface area (Å²) in [6.07, 6.45) is 3.74. The summed E-state index contributed by atoms with van der Waals surface area (Å²) in [5.74, 6) is 0.488. The number of nitrogens with one attached hydrogen (secondary N) is 1. The Hall–Kier alpha value is -1.36. The van der Waals surface area contributed by atoms with Gasteiger partial charge in [0.25, 0.3) is 0 Å². The average molecular weight is 309 g/mol. The van der Waals surface area contributed by atoms with Crippen molar-refractivity contribution in [1.29, 1.82) is 0 Å². The monoisotopic (exact) mass is 308 g/mol. The minimum Gasteiger partial charge on any atom is -0.329 e. The molecule has 0 amide bonds. The van der Waals surface area contributed by atoms with Crippen molar-refractivity contribution in [2.45, 2.75) is 32.9 Å². The molecule has 5 heteroatoms. The molecule has 0 fully saturated rings. The van der Waals surface area contributed by atoms with Gasteiger partial charge in [-0.25, -0.2) is 4.68 Å². The maximum atomic E-state index is 5.90. The molecule has 0 aliphatic rings. The first-order chi connectivity index (χ1) is 9.55. The topological polar surface area (TPSA) is 55.9 Å². The molecular formula is C16H25ClN4. The molecule has 0 bridgehead atoms. The smallest absolute Gasteiger partial charge is 0.0648 e.